The van der Waals surface area contributed by atoms with Gasteiger partial charge >= 0.3 is 5.69 Å². The van der Waals surface area contributed by atoms with Crippen molar-refractivity contribution in [3.05, 3.63) is 33.9 Å². The van der Waals surface area contributed by atoms with Gasteiger partial charge in [0, 0.05) is 12.1 Å². The second kappa shape index (κ2) is 6.20. The van der Waals surface area contributed by atoms with Crippen LogP contribution in [0.5, 0.6) is 5.75 Å². The van der Waals surface area contributed by atoms with Gasteiger partial charge in [0.15, 0.2) is 5.75 Å². The lowest BCUT2D eigenvalue weighted by atomic mass is 10.0. The second-order valence-electron chi connectivity index (χ2n) is 3.86. The van der Waals surface area contributed by atoms with Gasteiger partial charge in [0.1, 0.15) is 0 Å². The number of benzene rings is 1. The lowest BCUT2D eigenvalue weighted by molar-refractivity contribution is -0.385. The van der Waals surface area contributed by atoms with E-state index >= 15 is 0 Å². The molecule has 2 N–H and O–H groups in total. The van der Waals surface area contributed by atoms with Gasteiger partial charge in [0.25, 0.3) is 0 Å². The number of rotatable bonds is 6. The molecule has 94 valence electrons. The summed E-state index contributed by atoms with van der Waals surface area (Å²) in [5, 5.41) is 10.9. The van der Waals surface area contributed by atoms with E-state index in [2.05, 4.69) is 0 Å². The third-order valence-corrected chi connectivity index (χ3v) is 2.54. The zero-order valence-corrected chi connectivity index (χ0v) is 10.2. The van der Waals surface area contributed by atoms with E-state index in [4.69, 9.17) is 10.5 Å². The fraction of sp³-hybridized carbons (Fsp3) is 0.500. The molecule has 17 heavy (non-hydrogen) atoms. The average Bonchev–Trinajstić information content (AvgIpc) is 2.31. The van der Waals surface area contributed by atoms with E-state index in [-0.39, 0.29) is 11.7 Å². The number of hydrogen-bond donors (Lipinski definition) is 1. The molecule has 0 heterocycles. The fourth-order valence-corrected chi connectivity index (χ4v) is 1.56. The van der Waals surface area contributed by atoms with Crippen molar-refractivity contribution < 1.29 is 9.66 Å². The number of nitro groups is 1. The van der Waals surface area contributed by atoms with Gasteiger partial charge in [-0.05, 0) is 31.4 Å². The molecular weight excluding hydrogens is 220 g/mol. The van der Waals surface area contributed by atoms with Gasteiger partial charge in [-0.1, -0.05) is 13.0 Å². The maximum absolute atomic E-state index is 10.9. The van der Waals surface area contributed by atoms with Gasteiger partial charge < -0.3 is 10.5 Å². The van der Waals surface area contributed by atoms with Crippen LogP contribution in [0.25, 0.3) is 0 Å². The number of nitro benzene ring substituents is 1. The molecule has 5 heteroatoms. The van der Waals surface area contributed by atoms with Crippen molar-refractivity contribution in [1.29, 1.82) is 0 Å². The molecule has 0 saturated heterocycles. The summed E-state index contributed by atoms with van der Waals surface area (Å²) in [6.07, 6.45) is 1.49. The van der Waals surface area contributed by atoms with Gasteiger partial charge in [-0.25, -0.2) is 0 Å². The van der Waals surface area contributed by atoms with Gasteiger partial charge in [-0.15, -0.1) is 0 Å². The third-order valence-electron chi connectivity index (χ3n) is 2.54. The molecule has 1 aromatic carbocycles. The van der Waals surface area contributed by atoms with Crippen molar-refractivity contribution >= 4 is 5.69 Å². The first-order valence-electron chi connectivity index (χ1n) is 5.74. The molecule has 1 atom stereocenters. The van der Waals surface area contributed by atoms with Crippen LogP contribution in [0.2, 0.25) is 0 Å². The summed E-state index contributed by atoms with van der Waals surface area (Å²) in [7, 11) is 0. The van der Waals surface area contributed by atoms with Gasteiger partial charge in [0.2, 0.25) is 0 Å². The molecular formula is C12H18N2O3. The van der Waals surface area contributed by atoms with Crippen LogP contribution in [0, 0.1) is 10.1 Å². The summed E-state index contributed by atoms with van der Waals surface area (Å²) in [6, 6.07) is 5.04. The van der Waals surface area contributed by atoms with Crippen molar-refractivity contribution in [3.8, 4) is 5.75 Å². The van der Waals surface area contributed by atoms with Crippen molar-refractivity contribution in [2.45, 2.75) is 32.7 Å². The topological polar surface area (TPSA) is 78.4 Å². The van der Waals surface area contributed by atoms with Crippen LogP contribution in [0.15, 0.2) is 18.2 Å². The SMILES string of the molecule is CCOc1ccc(CC(N)CC)cc1[N+](=O)[O-]. The molecule has 0 amide bonds. The number of ether oxygens (including phenoxy) is 1. The molecule has 0 aliphatic carbocycles. The molecule has 0 spiro atoms. The molecule has 1 unspecified atom stereocenters. The molecule has 1 rings (SSSR count). The van der Waals surface area contributed by atoms with Crippen molar-refractivity contribution in [1.82, 2.24) is 0 Å². The first-order chi connectivity index (χ1) is 8.08. The number of hydrogen-bond acceptors (Lipinski definition) is 4. The van der Waals surface area contributed by atoms with Crippen LogP contribution >= 0.6 is 0 Å². The predicted octanol–water partition coefficient (Wildman–Crippen LogP) is 2.27. The van der Waals surface area contributed by atoms with Crippen LogP contribution in [0.3, 0.4) is 0 Å². The zero-order valence-electron chi connectivity index (χ0n) is 10.2. The lowest BCUT2D eigenvalue weighted by Gasteiger charge is -2.10. The Bertz CT molecular complexity index is 393. The molecule has 0 aromatic heterocycles. The van der Waals surface area contributed by atoms with E-state index in [1.165, 1.54) is 0 Å². The highest BCUT2D eigenvalue weighted by atomic mass is 16.6. The maximum atomic E-state index is 10.9. The quantitative estimate of drug-likeness (QED) is 0.609. The standard InChI is InChI=1S/C12H18N2O3/c1-3-10(13)7-9-5-6-12(17-4-2)11(8-9)14(15)16/h5-6,8,10H,3-4,7,13H2,1-2H3. The summed E-state index contributed by atoms with van der Waals surface area (Å²) in [6.45, 7) is 4.20. The number of nitrogens with zero attached hydrogens (tertiary/aromatic N) is 1. The Hall–Kier alpha value is -1.62. The smallest absolute Gasteiger partial charge is 0.311 e. The van der Waals surface area contributed by atoms with E-state index in [1.807, 2.05) is 13.0 Å². The van der Waals surface area contributed by atoms with Gasteiger partial charge in [0.05, 0.1) is 11.5 Å². The Kier molecular flexibility index (Phi) is 4.90. The van der Waals surface area contributed by atoms with E-state index in [0.29, 0.717) is 18.8 Å². The lowest BCUT2D eigenvalue weighted by Crippen LogP contribution is -2.21. The van der Waals surface area contributed by atoms with Crippen LogP contribution in [0.1, 0.15) is 25.8 Å². The molecule has 0 aliphatic heterocycles. The monoisotopic (exact) mass is 238 g/mol. The summed E-state index contributed by atoms with van der Waals surface area (Å²) < 4.78 is 5.21. The van der Waals surface area contributed by atoms with E-state index in [9.17, 15) is 10.1 Å². The van der Waals surface area contributed by atoms with Crippen LogP contribution in [-0.4, -0.2) is 17.6 Å². The first kappa shape index (κ1) is 13.4. The Morgan fingerprint density at radius 1 is 1.47 bits per heavy atom. The van der Waals surface area contributed by atoms with E-state index in [0.717, 1.165) is 12.0 Å². The maximum Gasteiger partial charge on any atom is 0.311 e. The fourth-order valence-electron chi connectivity index (χ4n) is 1.56. The number of nitrogens with two attached hydrogens (primary N) is 1. The zero-order chi connectivity index (χ0) is 12.8. The Morgan fingerprint density at radius 2 is 2.18 bits per heavy atom. The largest absolute Gasteiger partial charge is 0.487 e. The van der Waals surface area contributed by atoms with Crippen LogP contribution < -0.4 is 10.5 Å². The summed E-state index contributed by atoms with van der Waals surface area (Å²) in [5.41, 5.74) is 6.70. The Balaban J connectivity index is 2.97. The van der Waals surface area contributed by atoms with Crippen molar-refractivity contribution in [2.24, 2.45) is 5.73 Å². The summed E-state index contributed by atoms with van der Waals surface area (Å²) in [5.74, 6) is 0.311. The molecule has 0 bridgehead atoms. The minimum absolute atomic E-state index is 0.00709. The van der Waals surface area contributed by atoms with Gasteiger partial charge in [-0.2, -0.15) is 0 Å². The highest BCUT2D eigenvalue weighted by Crippen LogP contribution is 2.28. The highest BCUT2D eigenvalue weighted by molar-refractivity contribution is 5.48. The first-order valence-corrected chi connectivity index (χ1v) is 5.74. The summed E-state index contributed by atoms with van der Waals surface area (Å²) in [4.78, 5) is 10.5. The van der Waals surface area contributed by atoms with Crippen LogP contribution in [0.4, 0.5) is 5.69 Å². The minimum atomic E-state index is -0.425. The van der Waals surface area contributed by atoms with Crippen molar-refractivity contribution in [3.63, 3.8) is 0 Å². The van der Waals surface area contributed by atoms with Gasteiger partial charge in [-0.3, -0.25) is 10.1 Å². The average molecular weight is 238 g/mol. The molecule has 0 aliphatic rings. The van der Waals surface area contributed by atoms with Crippen LogP contribution in [-0.2, 0) is 6.42 Å². The normalized spacial score (nSPS) is 12.2. The Morgan fingerprint density at radius 3 is 2.71 bits per heavy atom. The molecule has 0 saturated carbocycles. The highest BCUT2D eigenvalue weighted by Gasteiger charge is 2.16. The molecule has 0 fully saturated rings. The van der Waals surface area contributed by atoms with E-state index in [1.54, 1.807) is 19.1 Å². The molecule has 5 nitrogen and oxygen atoms in total. The Labute approximate surface area is 101 Å². The van der Waals surface area contributed by atoms with Crippen molar-refractivity contribution in [2.75, 3.05) is 6.61 Å². The molecule has 0 radical (unpaired) electrons. The van der Waals surface area contributed by atoms with E-state index < -0.39 is 4.92 Å². The predicted molar refractivity (Wildman–Crippen MR) is 66.2 cm³/mol. The molecule has 1 aromatic rings. The second-order valence-corrected chi connectivity index (χ2v) is 3.86. The summed E-state index contributed by atoms with van der Waals surface area (Å²) >= 11 is 0. The third kappa shape index (κ3) is 3.71. The minimum Gasteiger partial charge on any atom is -0.487 e.